The zero-order chi connectivity index (χ0) is 22.7. The molecule has 0 bridgehead atoms. The van der Waals surface area contributed by atoms with Crippen molar-refractivity contribution in [2.45, 2.75) is 30.7 Å². The second kappa shape index (κ2) is 9.18. The SMILES string of the molecule is CC(=O)OCCc1sc(S(=O)(=O)NC(=O)Nc2cc(C(F)(F)F)cc(Cl)n2)cc1C. The molecule has 0 saturated carbocycles. The van der Waals surface area contributed by atoms with Crippen molar-refractivity contribution in [1.82, 2.24) is 9.71 Å². The number of carbonyl (C=O) groups excluding carboxylic acids is 2. The van der Waals surface area contributed by atoms with E-state index in [1.165, 1.54) is 13.0 Å². The van der Waals surface area contributed by atoms with Gasteiger partial charge in [0.2, 0.25) is 0 Å². The van der Waals surface area contributed by atoms with Gasteiger partial charge in [0.1, 0.15) is 15.2 Å². The molecular weight excluding hydrogens is 471 g/mol. The van der Waals surface area contributed by atoms with Gasteiger partial charge < -0.3 is 4.74 Å². The van der Waals surface area contributed by atoms with Crippen molar-refractivity contribution >= 4 is 50.8 Å². The molecule has 0 atom stereocenters. The summed E-state index contributed by atoms with van der Waals surface area (Å²) >= 11 is 6.39. The van der Waals surface area contributed by atoms with Gasteiger partial charge in [0.25, 0.3) is 10.0 Å². The Morgan fingerprint density at radius 3 is 2.53 bits per heavy atom. The Balaban J connectivity index is 2.11. The van der Waals surface area contributed by atoms with Crippen LogP contribution in [0.15, 0.2) is 22.4 Å². The largest absolute Gasteiger partial charge is 0.465 e. The summed E-state index contributed by atoms with van der Waals surface area (Å²) in [6.07, 6.45) is -4.45. The van der Waals surface area contributed by atoms with Crippen LogP contribution in [0.5, 0.6) is 0 Å². The summed E-state index contributed by atoms with van der Waals surface area (Å²) in [6.45, 7) is 2.95. The number of pyridine rings is 1. The fourth-order valence-corrected chi connectivity index (χ4v) is 4.88. The molecule has 0 aliphatic carbocycles. The van der Waals surface area contributed by atoms with Gasteiger partial charge in [-0.25, -0.2) is 22.9 Å². The van der Waals surface area contributed by atoms with E-state index in [0.717, 1.165) is 11.3 Å². The molecule has 0 aliphatic heterocycles. The van der Waals surface area contributed by atoms with Crippen molar-refractivity contribution in [3.05, 3.63) is 39.4 Å². The van der Waals surface area contributed by atoms with Gasteiger partial charge >= 0.3 is 18.2 Å². The van der Waals surface area contributed by atoms with E-state index >= 15 is 0 Å². The fraction of sp³-hybridized carbons (Fsp3) is 0.312. The predicted molar refractivity (Wildman–Crippen MR) is 103 cm³/mol. The molecule has 8 nitrogen and oxygen atoms in total. The molecule has 0 saturated heterocycles. The van der Waals surface area contributed by atoms with E-state index in [1.807, 2.05) is 5.32 Å². The number of sulfonamides is 1. The first-order valence-corrected chi connectivity index (χ1v) is 10.8. The van der Waals surface area contributed by atoms with E-state index in [2.05, 4.69) is 4.98 Å². The number of rotatable bonds is 6. The van der Waals surface area contributed by atoms with E-state index in [0.29, 0.717) is 22.6 Å². The van der Waals surface area contributed by atoms with Crippen LogP contribution in [-0.2, 0) is 32.2 Å². The number of nitrogens with one attached hydrogen (secondary N) is 2. The number of carbonyl (C=O) groups is 2. The molecule has 0 unspecified atom stereocenters. The molecule has 0 spiro atoms. The lowest BCUT2D eigenvalue weighted by Crippen LogP contribution is -2.34. The lowest BCUT2D eigenvalue weighted by atomic mass is 10.2. The van der Waals surface area contributed by atoms with Gasteiger partial charge in [0.15, 0.2) is 0 Å². The number of aryl methyl sites for hydroxylation is 1. The standard InChI is InChI=1S/C16H15ClF3N3O5S2/c1-8-5-14(29-11(8)3-4-28-9(2)24)30(26,27)23-15(25)22-13-7-10(16(18,19)20)6-12(17)21-13/h5-7H,3-4H2,1-2H3,(H2,21,22,23,25). The predicted octanol–water partition coefficient (Wildman–Crippen LogP) is 3.74. The number of alkyl halides is 3. The maximum absolute atomic E-state index is 12.8. The molecular formula is C16H15ClF3N3O5S2. The molecule has 2 aromatic heterocycles. The number of nitrogens with zero attached hydrogens (tertiary/aromatic N) is 1. The fourth-order valence-electron chi connectivity index (χ4n) is 2.20. The summed E-state index contributed by atoms with van der Waals surface area (Å²) in [6, 6.07) is 1.08. The third-order valence-electron chi connectivity index (χ3n) is 3.49. The summed E-state index contributed by atoms with van der Waals surface area (Å²) in [4.78, 5) is 26.9. The van der Waals surface area contributed by atoms with Crippen molar-refractivity contribution < 1.29 is 35.9 Å². The lowest BCUT2D eigenvalue weighted by molar-refractivity contribution is -0.141. The molecule has 0 fully saturated rings. The molecule has 164 valence electrons. The highest BCUT2D eigenvalue weighted by atomic mass is 35.5. The highest BCUT2D eigenvalue weighted by Crippen LogP contribution is 2.32. The summed E-state index contributed by atoms with van der Waals surface area (Å²) in [5.74, 6) is -1.05. The molecule has 2 N–H and O–H groups in total. The van der Waals surface area contributed by atoms with Crippen LogP contribution in [0.4, 0.5) is 23.8 Å². The smallest absolute Gasteiger partial charge is 0.416 e. The van der Waals surface area contributed by atoms with Crippen LogP contribution in [0.25, 0.3) is 0 Å². The number of thiophene rings is 1. The number of hydrogen-bond acceptors (Lipinski definition) is 7. The first-order valence-electron chi connectivity index (χ1n) is 8.09. The van der Waals surface area contributed by atoms with Crippen molar-refractivity contribution in [2.75, 3.05) is 11.9 Å². The first-order chi connectivity index (χ1) is 13.8. The lowest BCUT2D eigenvalue weighted by Gasteiger charge is -2.10. The maximum atomic E-state index is 12.8. The number of hydrogen-bond donors (Lipinski definition) is 2. The summed E-state index contributed by atoms with van der Waals surface area (Å²) in [7, 11) is -4.31. The normalized spacial score (nSPS) is 11.8. The van der Waals surface area contributed by atoms with Gasteiger partial charge in [-0.1, -0.05) is 11.6 Å². The topological polar surface area (TPSA) is 114 Å². The minimum atomic E-state index is -4.73. The second-order valence-electron chi connectivity index (χ2n) is 5.88. The quantitative estimate of drug-likeness (QED) is 0.476. The van der Waals surface area contributed by atoms with Crippen LogP contribution in [0, 0.1) is 6.92 Å². The van der Waals surface area contributed by atoms with Crippen LogP contribution >= 0.6 is 22.9 Å². The summed E-state index contributed by atoms with van der Waals surface area (Å²) in [5.41, 5.74) is -0.550. The van der Waals surface area contributed by atoms with Gasteiger partial charge in [-0.05, 0) is 30.7 Å². The highest BCUT2D eigenvalue weighted by molar-refractivity contribution is 7.92. The zero-order valence-electron chi connectivity index (χ0n) is 15.5. The van der Waals surface area contributed by atoms with E-state index in [-0.39, 0.29) is 17.2 Å². The molecule has 30 heavy (non-hydrogen) atoms. The number of amides is 2. The average Bonchev–Trinajstić information content (AvgIpc) is 2.94. The number of aromatic nitrogens is 1. The molecule has 2 amide bonds. The number of esters is 1. The van der Waals surface area contributed by atoms with Crippen molar-refractivity contribution in [3.8, 4) is 0 Å². The van der Waals surface area contributed by atoms with Crippen LogP contribution in [0.3, 0.4) is 0 Å². The number of anilines is 1. The molecule has 14 heteroatoms. The highest BCUT2D eigenvalue weighted by Gasteiger charge is 2.32. The number of ether oxygens (including phenoxy) is 1. The minimum absolute atomic E-state index is 0.0616. The Kier molecular flexibility index (Phi) is 7.31. The Morgan fingerprint density at radius 2 is 1.93 bits per heavy atom. The van der Waals surface area contributed by atoms with Gasteiger partial charge in [-0.15, -0.1) is 11.3 Å². The molecule has 0 aliphatic rings. The monoisotopic (exact) mass is 485 g/mol. The Morgan fingerprint density at radius 1 is 1.27 bits per heavy atom. The van der Waals surface area contributed by atoms with Gasteiger partial charge in [0.05, 0.1) is 12.2 Å². The Bertz CT molecular complexity index is 1070. The molecule has 2 heterocycles. The molecule has 0 radical (unpaired) electrons. The van der Waals surface area contributed by atoms with Crippen LogP contribution in [0.1, 0.15) is 22.9 Å². The third-order valence-corrected chi connectivity index (χ3v) is 6.78. The number of halogens is 4. The van der Waals surface area contributed by atoms with Gasteiger partial charge in [-0.2, -0.15) is 13.2 Å². The van der Waals surface area contributed by atoms with Crippen LogP contribution in [-0.4, -0.2) is 32.0 Å². The second-order valence-corrected chi connectivity index (χ2v) is 9.32. The molecule has 0 aromatic carbocycles. The Hall–Kier alpha value is -2.38. The third kappa shape index (κ3) is 6.57. The van der Waals surface area contributed by atoms with Crippen LogP contribution < -0.4 is 10.0 Å². The zero-order valence-corrected chi connectivity index (χ0v) is 17.9. The average molecular weight is 486 g/mol. The van der Waals surface area contributed by atoms with Gasteiger partial charge in [0, 0.05) is 18.2 Å². The Labute approximate surface area is 178 Å². The molecule has 2 rings (SSSR count). The van der Waals surface area contributed by atoms with Crippen molar-refractivity contribution in [2.24, 2.45) is 0 Å². The van der Waals surface area contributed by atoms with E-state index in [4.69, 9.17) is 16.3 Å². The summed E-state index contributed by atoms with van der Waals surface area (Å²) < 4.78 is 69.6. The van der Waals surface area contributed by atoms with E-state index in [1.54, 1.807) is 11.6 Å². The van der Waals surface area contributed by atoms with Crippen molar-refractivity contribution in [3.63, 3.8) is 0 Å². The van der Waals surface area contributed by atoms with Crippen molar-refractivity contribution in [1.29, 1.82) is 0 Å². The molecule has 2 aromatic rings. The first kappa shape index (κ1) is 23.9. The number of urea groups is 1. The summed E-state index contributed by atoms with van der Waals surface area (Å²) in [5, 5.41) is 1.38. The van der Waals surface area contributed by atoms with Gasteiger partial charge in [-0.3, -0.25) is 10.1 Å². The van der Waals surface area contributed by atoms with E-state index < -0.39 is 44.7 Å². The maximum Gasteiger partial charge on any atom is 0.416 e. The van der Waals surface area contributed by atoms with Crippen LogP contribution in [0.2, 0.25) is 5.15 Å². The van der Waals surface area contributed by atoms with E-state index in [9.17, 15) is 31.2 Å². The minimum Gasteiger partial charge on any atom is -0.465 e.